The standard InChI is InChI=1S/C23H21N5O2/c1-27-21(11-19(26-27)15-6-3-2-4-7-15)23(30)28-12-18(16-8-5-9-17(29)10-16)22-20(13-28)24-14-25-22/h2-11,14,18,29H,12-13H2,1H3,(H,24,25). The molecular formula is C23H21N5O2. The van der Waals surface area contributed by atoms with E-state index in [1.165, 1.54) is 0 Å². The van der Waals surface area contributed by atoms with E-state index in [4.69, 9.17) is 0 Å². The molecule has 0 spiro atoms. The summed E-state index contributed by atoms with van der Waals surface area (Å²) < 4.78 is 1.64. The van der Waals surface area contributed by atoms with E-state index in [-0.39, 0.29) is 17.6 Å². The summed E-state index contributed by atoms with van der Waals surface area (Å²) >= 11 is 0. The SMILES string of the molecule is Cn1nc(-c2ccccc2)cc1C(=O)N1Cc2[nH]cnc2C(c2cccc(O)c2)C1. The van der Waals surface area contributed by atoms with E-state index in [9.17, 15) is 9.90 Å². The molecule has 150 valence electrons. The zero-order chi connectivity index (χ0) is 20.7. The Kier molecular flexibility index (Phi) is 4.35. The van der Waals surface area contributed by atoms with Crippen molar-refractivity contribution >= 4 is 5.91 Å². The number of aromatic nitrogens is 4. The van der Waals surface area contributed by atoms with Gasteiger partial charge in [-0.05, 0) is 23.8 Å². The number of hydrogen-bond donors (Lipinski definition) is 2. The molecule has 30 heavy (non-hydrogen) atoms. The van der Waals surface area contributed by atoms with Crippen molar-refractivity contribution in [1.82, 2.24) is 24.6 Å². The number of rotatable bonds is 3. The Morgan fingerprint density at radius 1 is 1.13 bits per heavy atom. The van der Waals surface area contributed by atoms with Crippen molar-refractivity contribution in [3.8, 4) is 17.0 Å². The largest absolute Gasteiger partial charge is 0.508 e. The van der Waals surface area contributed by atoms with Crippen LogP contribution >= 0.6 is 0 Å². The highest BCUT2D eigenvalue weighted by Gasteiger charge is 2.33. The average Bonchev–Trinajstić information content (AvgIpc) is 3.39. The highest BCUT2D eigenvalue weighted by Crippen LogP contribution is 2.33. The molecule has 0 bridgehead atoms. The minimum atomic E-state index is -0.113. The first-order valence-electron chi connectivity index (χ1n) is 9.80. The van der Waals surface area contributed by atoms with Gasteiger partial charge < -0.3 is 15.0 Å². The molecule has 5 rings (SSSR count). The first-order chi connectivity index (χ1) is 14.6. The molecule has 1 aliphatic heterocycles. The number of carbonyl (C=O) groups excluding carboxylic acids is 1. The molecule has 2 aromatic carbocycles. The summed E-state index contributed by atoms with van der Waals surface area (Å²) in [5.74, 6) is 0.00243. The number of benzene rings is 2. The number of imidazole rings is 1. The fraction of sp³-hybridized carbons (Fsp3) is 0.174. The van der Waals surface area contributed by atoms with Crippen molar-refractivity contribution in [2.75, 3.05) is 6.54 Å². The Morgan fingerprint density at radius 3 is 2.77 bits per heavy atom. The van der Waals surface area contributed by atoms with Crippen LogP contribution in [0.25, 0.3) is 11.3 Å². The molecule has 7 heteroatoms. The van der Waals surface area contributed by atoms with Crippen molar-refractivity contribution < 1.29 is 9.90 Å². The number of aryl methyl sites for hydroxylation is 1. The maximum Gasteiger partial charge on any atom is 0.272 e. The molecule has 1 atom stereocenters. The number of amides is 1. The van der Waals surface area contributed by atoms with Crippen LogP contribution in [0.2, 0.25) is 0 Å². The molecule has 4 aromatic rings. The van der Waals surface area contributed by atoms with E-state index in [2.05, 4.69) is 15.1 Å². The van der Waals surface area contributed by atoms with Crippen molar-refractivity contribution in [2.24, 2.45) is 7.05 Å². The predicted molar refractivity (Wildman–Crippen MR) is 112 cm³/mol. The van der Waals surface area contributed by atoms with Crippen LogP contribution < -0.4 is 0 Å². The number of H-pyrrole nitrogens is 1. The Bertz CT molecular complexity index is 1210. The van der Waals surface area contributed by atoms with Gasteiger partial charge in [0.2, 0.25) is 0 Å². The van der Waals surface area contributed by atoms with Crippen molar-refractivity contribution in [3.63, 3.8) is 0 Å². The zero-order valence-electron chi connectivity index (χ0n) is 16.5. The van der Waals surface area contributed by atoms with Gasteiger partial charge >= 0.3 is 0 Å². The van der Waals surface area contributed by atoms with Gasteiger partial charge in [0.05, 0.1) is 30.0 Å². The number of hydrogen-bond acceptors (Lipinski definition) is 4. The summed E-state index contributed by atoms with van der Waals surface area (Å²) in [6.45, 7) is 0.932. The van der Waals surface area contributed by atoms with E-state index in [0.29, 0.717) is 18.8 Å². The van der Waals surface area contributed by atoms with Crippen LogP contribution in [0.5, 0.6) is 5.75 Å². The Morgan fingerprint density at radius 2 is 1.97 bits per heavy atom. The molecule has 0 radical (unpaired) electrons. The highest BCUT2D eigenvalue weighted by atomic mass is 16.3. The molecule has 1 aliphatic rings. The van der Waals surface area contributed by atoms with Crippen molar-refractivity contribution in [1.29, 1.82) is 0 Å². The second-order valence-electron chi connectivity index (χ2n) is 7.50. The maximum absolute atomic E-state index is 13.4. The molecule has 3 heterocycles. The Labute approximate surface area is 173 Å². The monoisotopic (exact) mass is 399 g/mol. The molecular weight excluding hydrogens is 378 g/mol. The zero-order valence-corrected chi connectivity index (χ0v) is 16.5. The molecule has 0 saturated heterocycles. The topological polar surface area (TPSA) is 87.0 Å². The van der Waals surface area contributed by atoms with Crippen LogP contribution in [0.15, 0.2) is 67.0 Å². The maximum atomic E-state index is 13.4. The van der Waals surface area contributed by atoms with Crippen LogP contribution in [-0.4, -0.2) is 42.2 Å². The van der Waals surface area contributed by atoms with Gasteiger partial charge in [0.15, 0.2) is 0 Å². The predicted octanol–water partition coefficient (Wildman–Crippen LogP) is 3.30. The lowest BCUT2D eigenvalue weighted by Gasteiger charge is -2.32. The highest BCUT2D eigenvalue weighted by molar-refractivity contribution is 5.94. The van der Waals surface area contributed by atoms with E-state index >= 15 is 0 Å². The molecule has 2 N–H and O–H groups in total. The van der Waals surface area contributed by atoms with Gasteiger partial charge in [0.25, 0.3) is 5.91 Å². The summed E-state index contributed by atoms with van der Waals surface area (Å²) in [5, 5.41) is 14.5. The minimum absolute atomic E-state index is 0.0856. The number of fused-ring (bicyclic) bond motifs is 1. The van der Waals surface area contributed by atoms with Gasteiger partial charge in [0, 0.05) is 25.1 Å². The molecule has 2 aromatic heterocycles. The van der Waals surface area contributed by atoms with Gasteiger partial charge in [-0.2, -0.15) is 5.10 Å². The van der Waals surface area contributed by atoms with Crippen LogP contribution in [0, 0.1) is 0 Å². The minimum Gasteiger partial charge on any atom is -0.508 e. The number of nitrogens with zero attached hydrogens (tertiary/aromatic N) is 4. The fourth-order valence-corrected chi connectivity index (χ4v) is 4.06. The van der Waals surface area contributed by atoms with Gasteiger partial charge in [-0.3, -0.25) is 9.48 Å². The lowest BCUT2D eigenvalue weighted by Crippen LogP contribution is -2.39. The molecule has 0 aliphatic carbocycles. The molecule has 1 unspecified atom stereocenters. The van der Waals surface area contributed by atoms with Gasteiger partial charge in [-0.15, -0.1) is 0 Å². The van der Waals surface area contributed by atoms with Crippen LogP contribution in [-0.2, 0) is 13.6 Å². The number of nitrogens with one attached hydrogen (secondary N) is 1. The number of carbonyl (C=O) groups is 1. The van der Waals surface area contributed by atoms with E-state index < -0.39 is 0 Å². The first kappa shape index (κ1) is 18.2. The smallest absolute Gasteiger partial charge is 0.272 e. The fourth-order valence-electron chi connectivity index (χ4n) is 4.06. The molecule has 1 amide bonds. The van der Waals surface area contributed by atoms with E-state index in [1.807, 2.05) is 48.5 Å². The summed E-state index contributed by atoms with van der Waals surface area (Å²) in [4.78, 5) is 22.9. The van der Waals surface area contributed by atoms with E-state index in [1.54, 1.807) is 35.1 Å². The second-order valence-corrected chi connectivity index (χ2v) is 7.50. The summed E-state index contributed by atoms with van der Waals surface area (Å²) in [6.07, 6.45) is 1.66. The van der Waals surface area contributed by atoms with Crippen LogP contribution in [0.1, 0.15) is 33.4 Å². The number of aromatic amines is 1. The third kappa shape index (κ3) is 3.14. The molecule has 0 fully saturated rings. The third-order valence-corrected chi connectivity index (χ3v) is 5.56. The normalized spacial score (nSPS) is 15.8. The van der Waals surface area contributed by atoms with Crippen molar-refractivity contribution in [3.05, 3.63) is 89.6 Å². The lowest BCUT2D eigenvalue weighted by molar-refractivity contribution is 0.0710. The summed E-state index contributed by atoms with van der Waals surface area (Å²) in [5.41, 5.74) is 5.03. The summed E-state index contributed by atoms with van der Waals surface area (Å²) in [7, 11) is 1.79. The van der Waals surface area contributed by atoms with Crippen LogP contribution in [0.3, 0.4) is 0 Å². The Balaban J connectivity index is 1.48. The molecule has 0 saturated carbocycles. The number of phenols is 1. The van der Waals surface area contributed by atoms with Gasteiger partial charge in [0.1, 0.15) is 11.4 Å². The van der Waals surface area contributed by atoms with E-state index in [0.717, 1.165) is 28.2 Å². The number of aromatic hydroxyl groups is 1. The molecule has 7 nitrogen and oxygen atoms in total. The quantitative estimate of drug-likeness (QED) is 0.553. The van der Waals surface area contributed by atoms with Gasteiger partial charge in [-0.1, -0.05) is 42.5 Å². The third-order valence-electron chi connectivity index (χ3n) is 5.56. The first-order valence-corrected chi connectivity index (χ1v) is 9.80. The summed E-state index contributed by atoms with van der Waals surface area (Å²) in [6, 6.07) is 18.8. The Hall–Kier alpha value is -3.87. The lowest BCUT2D eigenvalue weighted by atomic mass is 9.90. The second kappa shape index (κ2) is 7.18. The van der Waals surface area contributed by atoms with Crippen LogP contribution in [0.4, 0.5) is 0 Å². The van der Waals surface area contributed by atoms with Crippen molar-refractivity contribution in [2.45, 2.75) is 12.5 Å². The average molecular weight is 399 g/mol. The number of phenolic OH excluding ortho intramolecular Hbond substituents is 1. The van der Waals surface area contributed by atoms with Gasteiger partial charge in [-0.25, -0.2) is 4.98 Å².